The second-order valence-electron chi connectivity index (χ2n) is 9.35. The van der Waals surface area contributed by atoms with Crippen molar-refractivity contribution in [3.8, 4) is 0 Å². The third-order valence-electron chi connectivity index (χ3n) is 6.67. The molecule has 0 aromatic heterocycles. The Bertz CT molecular complexity index is 1540. The summed E-state index contributed by atoms with van der Waals surface area (Å²) in [6.45, 7) is 1.37. The summed E-state index contributed by atoms with van der Waals surface area (Å²) >= 11 is 10.0. The van der Waals surface area contributed by atoms with Gasteiger partial charge in [0.2, 0.25) is 0 Å². The fraction of sp³-hybridized carbons (Fsp3) is 0.167. The van der Waals surface area contributed by atoms with Gasteiger partial charge in [0.05, 0.1) is 17.3 Å². The monoisotopic (exact) mass is 608 g/mol. The SMILES string of the molecule is O=C(c1ccc(Cl)c(S(=O)(=O)N(Cc2ccccc2)c2ccccc2)c1)N1CC(Cc2ccccc2Br)C1. The Morgan fingerprint density at radius 1 is 0.895 bits per heavy atom. The molecule has 0 unspecified atom stereocenters. The number of amides is 1. The standard InChI is InChI=1S/C30H26BrClN2O3S/c31-27-14-8-7-11-24(27)17-23-19-33(20-23)30(35)25-15-16-28(32)29(18-25)38(36,37)34(26-12-5-2-6-13-26)21-22-9-3-1-4-10-22/h1-16,18,23H,17,19-21H2. The van der Waals surface area contributed by atoms with Crippen molar-refractivity contribution in [2.75, 3.05) is 17.4 Å². The van der Waals surface area contributed by atoms with Crippen molar-refractivity contribution in [1.82, 2.24) is 4.90 Å². The first-order valence-corrected chi connectivity index (χ1v) is 14.9. The zero-order valence-corrected chi connectivity index (χ0v) is 23.7. The van der Waals surface area contributed by atoms with E-state index in [4.69, 9.17) is 11.6 Å². The molecule has 0 bridgehead atoms. The normalized spacial score (nSPS) is 13.7. The summed E-state index contributed by atoms with van der Waals surface area (Å²) < 4.78 is 30.4. The van der Waals surface area contributed by atoms with Crippen molar-refractivity contribution in [2.24, 2.45) is 5.92 Å². The maximum Gasteiger partial charge on any atom is 0.266 e. The first-order chi connectivity index (χ1) is 18.3. The van der Waals surface area contributed by atoms with E-state index in [0.29, 0.717) is 30.3 Å². The Morgan fingerprint density at radius 3 is 2.21 bits per heavy atom. The van der Waals surface area contributed by atoms with E-state index in [0.717, 1.165) is 16.5 Å². The van der Waals surface area contributed by atoms with Crippen LogP contribution in [0.5, 0.6) is 0 Å². The van der Waals surface area contributed by atoms with Crippen LogP contribution in [0.3, 0.4) is 0 Å². The number of anilines is 1. The third-order valence-corrected chi connectivity index (χ3v) is 9.70. The summed E-state index contributed by atoms with van der Waals surface area (Å²) in [6.07, 6.45) is 0.872. The van der Waals surface area contributed by atoms with Crippen molar-refractivity contribution in [3.63, 3.8) is 0 Å². The first-order valence-electron chi connectivity index (χ1n) is 12.3. The first kappa shape index (κ1) is 26.5. The van der Waals surface area contributed by atoms with Crippen LogP contribution in [0.25, 0.3) is 0 Å². The molecule has 5 rings (SSSR count). The molecule has 1 heterocycles. The fourth-order valence-corrected chi connectivity index (χ4v) is 7.04. The van der Waals surface area contributed by atoms with E-state index in [2.05, 4.69) is 22.0 Å². The molecule has 1 fully saturated rings. The van der Waals surface area contributed by atoms with Crippen molar-refractivity contribution < 1.29 is 13.2 Å². The van der Waals surface area contributed by atoms with Crippen LogP contribution in [0.15, 0.2) is 112 Å². The van der Waals surface area contributed by atoms with Gasteiger partial charge in [0.1, 0.15) is 4.90 Å². The predicted molar refractivity (Wildman–Crippen MR) is 155 cm³/mol. The zero-order valence-electron chi connectivity index (χ0n) is 20.5. The molecule has 38 heavy (non-hydrogen) atoms. The summed E-state index contributed by atoms with van der Waals surface area (Å²) in [5.74, 6) is 0.156. The number of nitrogens with zero attached hydrogens (tertiary/aromatic N) is 2. The van der Waals surface area contributed by atoms with Crippen LogP contribution < -0.4 is 4.31 Å². The number of para-hydroxylation sites is 1. The molecular formula is C30H26BrClN2O3S. The number of benzene rings is 4. The van der Waals surface area contributed by atoms with Gasteiger partial charge in [-0.3, -0.25) is 9.10 Å². The predicted octanol–water partition coefficient (Wildman–Crippen LogP) is 6.81. The van der Waals surface area contributed by atoms with E-state index in [1.165, 1.54) is 22.0 Å². The average molecular weight is 610 g/mol. The highest BCUT2D eigenvalue weighted by Gasteiger charge is 2.33. The van der Waals surface area contributed by atoms with Crippen molar-refractivity contribution in [3.05, 3.63) is 129 Å². The highest BCUT2D eigenvalue weighted by Crippen LogP contribution is 2.32. The summed E-state index contributed by atoms with van der Waals surface area (Å²) in [5.41, 5.74) is 2.87. The van der Waals surface area contributed by atoms with Gasteiger partial charge in [0.25, 0.3) is 15.9 Å². The summed E-state index contributed by atoms with van der Waals surface area (Å²) in [6, 6.07) is 30.9. The number of halogens is 2. The lowest BCUT2D eigenvalue weighted by molar-refractivity contribution is 0.0500. The van der Waals surface area contributed by atoms with E-state index < -0.39 is 10.0 Å². The molecule has 0 spiro atoms. The Hall–Kier alpha value is -3.13. The highest BCUT2D eigenvalue weighted by molar-refractivity contribution is 9.10. The van der Waals surface area contributed by atoms with E-state index in [1.807, 2.05) is 54.6 Å². The van der Waals surface area contributed by atoms with E-state index in [-0.39, 0.29) is 22.4 Å². The molecule has 0 radical (unpaired) electrons. The molecule has 4 aromatic carbocycles. The van der Waals surface area contributed by atoms with Crippen molar-refractivity contribution in [1.29, 1.82) is 0 Å². The maximum atomic E-state index is 14.0. The van der Waals surface area contributed by atoms with E-state index in [9.17, 15) is 13.2 Å². The summed E-state index contributed by atoms with van der Waals surface area (Å²) in [7, 11) is -4.08. The minimum atomic E-state index is -4.08. The Morgan fingerprint density at radius 2 is 1.53 bits per heavy atom. The minimum Gasteiger partial charge on any atom is -0.338 e. The van der Waals surface area contributed by atoms with E-state index >= 15 is 0 Å². The average Bonchev–Trinajstić information content (AvgIpc) is 2.91. The molecule has 1 aliphatic rings. The quantitative estimate of drug-likeness (QED) is 0.221. The van der Waals surface area contributed by atoms with Crippen LogP contribution >= 0.6 is 27.5 Å². The van der Waals surface area contributed by atoms with Crippen LogP contribution in [0.4, 0.5) is 5.69 Å². The number of likely N-dealkylation sites (tertiary alicyclic amines) is 1. The second-order valence-corrected chi connectivity index (χ2v) is 12.4. The van der Waals surface area contributed by atoms with E-state index in [1.54, 1.807) is 35.2 Å². The number of sulfonamides is 1. The van der Waals surface area contributed by atoms with Crippen molar-refractivity contribution in [2.45, 2.75) is 17.9 Å². The topological polar surface area (TPSA) is 57.7 Å². The lowest BCUT2D eigenvalue weighted by Crippen LogP contribution is -2.50. The fourth-order valence-electron chi connectivity index (χ4n) is 4.63. The lowest BCUT2D eigenvalue weighted by Gasteiger charge is -2.39. The van der Waals surface area contributed by atoms with Gasteiger partial charge in [0, 0.05) is 23.1 Å². The van der Waals surface area contributed by atoms with Crippen LogP contribution in [0.1, 0.15) is 21.5 Å². The number of carbonyl (C=O) groups excluding carboxylic acids is 1. The number of hydrogen-bond acceptors (Lipinski definition) is 3. The van der Waals surface area contributed by atoms with Gasteiger partial charge in [-0.1, -0.05) is 94.3 Å². The zero-order chi connectivity index (χ0) is 26.7. The molecule has 0 atom stereocenters. The van der Waals surface area contributed by atoms with Gasteiger partial charge in [-0.2, -0.15) is 0 Å². The second kappa shape index (κ2) is 11.3. The van der Waals surface area contributed by atoms with Gasteiger partial charge in [-0.25, -0.2) is 8.42 Å². The number of hydrogen-bond donors (Lipinski definition) is 0. The molecule has 194 valence electrons. The molecule has 1 saturated heterocycles. The van der Waals surface area contributed by atoms with Crippen LogP contribution in [0.2, 0.25) is 5.02 Å². The van der Waals surface area contributed by atoms with Gasteiger partial charge >= 0.3 is 0 Å². The Balaban J connectivity index is 1.38. The van der Waals surface area contributed by atoms with Gasteiger partial charge in [-0.05, 0) is 59.9 Å². The largest absolute Gasteiger partial charge is 0.338 e. The van der Waals surface area contributed by atoms with Gasteiger partial charge in [-0.15, -0.1) is 0 Å². The van der Waals surface area contributed by atoms with Gasteiger partial charge < -0.3 is 4.90 Å². The van der Waals surface area contributed by atoms with Crippen LogP contribution in [-0.2, 0) is 23.0 Å². The Labute approximate surface area is 236 Å². The van der Waals surface area contributed by atoms with Crippen LogP contribution in [0, 0.1) is 5.92 Å². The minimum absolute atomic E-state index is 0.0750. The molecule has 1 aliphatic heterocycles. The molecule has 0 aliphatic carbocycles. The number of rotatable bonds is 8. The van der Waals surface area contributed by atoms with Crippen molar-refractivity contribution >= 4 is 49.1 Å². The molecule has 4 aromatic rings. The Kier molecular flexibility index (Phi) is 7.88. The number of carbonyl (C=O) groups is 1. The molecule has 1 amide bonds. The van der Waals surface area contributed by atoms with Crippen LogP contribution in [-0.4, -0.2) is 32.3 Å². The molecular weight excluding hydrogens is 584 g/mol. The summed E-state index contributed by atoms with van der Waals surface area (Å²) in [5, 5.41) is 0.0750. The smallest absolute Gasteiger partial charge is 0.266 e. The molecule has 0 saturated carbocycles. The van der Waals surface area contributed by atoms with Gasteiger partial charge in [0.15, 0.2) is 0 Å². The molecule has 8 heteroatoms. The summed E-state index contributed by atoms with van der Waals surface area (Å²) in [4.78, 5) is 14.9. The molecule has 5 nitrogen and oxygen atoms in total. The third kappa shape index (κ3) is 5.65. The maximum absolute atomic E-state index is 14.0. The highest BCUT2D eigenvalue weighted by atomic mass is 79.9. The lowest BCUT2D eigenvalue weighted by atomic mass is 9.91. The molecule has 0 N–H and O–H groups in total.